The first-order valence-electron chi connectivity index (χ1n) is 13.4. The zero-order chi connectivity index (χ0) is 29.4. The summed E-state index contributed by atoms with van der Waals surface area (Å²) in [4.78, 5) is 33.5. The second-order valence-electron chi connectivity index (χ2n) is 10.8. The van der Waals surface area contributed by atoms with E-state index in [-0.39, 0.29) is 23.3 Å². The summed E-state index contributed by atoms with van der Waals surface area (Å²) in [5.41, 5.74) is 3.14. The number of carbonyl (C=O) groups excluding carboxylic acids is 1. The number of ether oxygens (including phenoxy) is 1. The number of amides is 1. The molecule has 1 aromatic carbocycles. The molecule has 0 saturated heterocycles. The van der Waals surface area contributed by atoms with Gasteiger partial charge in [-0.05, 0) is 37.0 Å². The average molecular weight is 576 g/mol. The number of imidazole rings is 1. The lowest BCUT2D eigenvalue weighted by molar-refractivity contribution is 0.166. The quantitative estimate of drug-likeness (QED) is 0.328. The van der Waals surface area contributed by atoms with Gasteiger partial charge in [-0.15, -0.1) is 5.10 Å². The molecular weight excluding hydrogens is 548 g/mol. The van der Waals surface area contributed by atoms with Crippen LogP contribution in [0.3, 0.4) is 0 Å². The molecule has 12 nitrogen and oxygen atoms in total. The number of H-pyrrole nitrogens is 1. The van der Waals surface area contributed by atoms with E-state index < -0.39 is 17.9 Å². The van der Waals surface area contributed by atoms with Crippen LogP contribution in [0.5, 0.6) is 0 Å². The van der Waals surface area contributed by atoms with Crippen molar-refractivity contribution >= 4 is 39.1 Å². The number of rotatable bonds is 4. The molecule has 6 aromatic rings. The molecule has 2 N–H and O–H groups in total. The minimum absolute atomic E-state index is 0.172. The van der Waals surface area contributed by atoms with Crippen molar-refractivity contribution in [2.24, 2.45) is 21.1 Å². The van der Waals surface area contributed by atoms with Crippen LogP contribution < -0.4 is 11.0 Å². The highest BCUT2D eigenvalue weighted by Crippen LogP contribution is 2.44. The van der Waals surface area contributed by atoms with Gasteiger partial charge in [0, 0.05) is 50.4 Å². The lowest BCUT2D eigenvalue weighted by Gasteiger charge is -2.15. The topological polar surface area (TPSA) is 130 Å². The van der Waals surface area contributed by atoms with Gasteiger partial charge in [-0.25, -0.2) is 19.0 Å². The third-order valence-electron chi connectivity index (χ3n) is 8.28. The number of hydrogen-bond acceptors (Lipinski definition) is 6. The number of fused-ring (bicyclic) bond motifs is 4. The standard InChI is InChI=1S/C28H27F2N9O3/c1-36-12-17(25(30)35-36)22-20(13-7-14-10-32-38(3)23(14)18(29)8-13)21-24-19(11-31-26(21)34-22)37(2)28(41)39(24)16-6-5-15(9-16)33-27(40)42-4/h7-8,10-12,15-16H,5-6,9H2,1-4H3,(H,31,34)(H,33,40)/t15-,16-/m1/s1. The normalized spacial score (nSPS) is 17.2. The van der Waals surface area contributed by atoms with Crippen molar-refractivity contribution in [2.75, 3.05) is 7.11 Å². The molecular formula is C28H27F2N9O3. The Bertz CT molecular complexity index is 2120. The van der Waals surface area contributed by atoms with Gasteiger partial charge in [0.2, 0.25) is 5.95 Å². The van der Waals surface area contributed by atoms with E-state index in [2.05, 4.69) is 25.5 Å². The lowest BCUT2D eigenvalue weighted by atomic mass is 9.98. The van der Waals surface area contributed by atoms with Crippen LogP contribution in [0.15, 0.2) is 35.5 Å². The summed E-state index contributed by atoms with van der Waals surface area (Å²) in [6.45, 7) is 0. The van der Waals surface area contributed by atoms with Crippen molar-refractivity contribution in [2.45, 2.75) is 31.3 Å². The fraction of sp³-hybridized carbons (Fsp3) is 0.321. The van der Waals surface area contributed by atoms with Crippen LogP contribution in [0.2, 0.25) is 0 Å². The van der Waals surface area contributed by atoms with Gasteiger partial charge in [-0.2, -0.15) is 9.49 Å². The number of methoxy groups -OCH3 is 1. The van der Waals surface area contributed by atoms with Gasteiger partial charge < -0.3 is 15.0 Å². The van der Waals surface area contributed by atoms with E-state index in [0.717, 1.165) is 0 Å². The fourth-order valence-corrected chi connectivity index (χ4v) is 6.40. The summed E-state index contributed by atoms with van der Waals surface area (Å²) in [6.07, 6.45) is 5.99. The van der Waals surface area contributed by atoms with Gasteiger partial charge in [0.05, 0.1) is 47.2 Å². The molecule has 14 heteroatoms. The molecule has 5 heterocycles. The minimum atomic E-state index is -0.706. The van der Waals surface area contributed by atoms with Crippen LogP contribution in [-0.4, -0.2) is 57.9 Å². The first kappa shape index (κ1) is 25.9. The molecule has 5 aromatic heterocycles. The van der Waals surface area contributed by atoms with Crippen molar-refractivity contribution in [3.63, 3.8) is 0 Å². The summed E-state index contributed by atoms with van der Waals surface area (Å²) in [7, 11) is 6.25. The van der Waals surface area contributed by atoms with Crippen molar-refractivity contribution in [1.82, 2.24) is 44.0 Å². The smallest absolute Gasteiger partial charge is 0.407 e. The molecule has 2 atom stereocenters. The molecule has 0 bridgehead atoms. The largest absolute Gasteiger partial charge is 0.453 e. The molecule has 0 spiro atoms. The van der Waals surface area contributed by atoms with E-state index in [0.29, 0.717) is 69.1 Å². The van der Waals surface area contributed by atoms with E-state index in [9.17, 15) is 9.59 Å². The molecule has 7 rings (SSSR count). The Balaban J connectivity index is 1.55. The summed E-state index contributed by atoms with van der Waals surface area (Å²) in [5.74, 6) is -1.20. The average Bonchev–Trinajstić information content (AvgIpc) is 3.76. The third-order valence-corrected chi connectivity index (χ3v) is 8.28. The first-order chi connectivity index (χ1) is 20.2. The highest BCUT2D eigenvalue weighted by Gasteiger charge is 2.33. The number of alkyl carbamates (subject to hydrolysis) is 1. The number of hydrogen-bond donors (Lipinski definition) is 2. The Hall–Kier alpha value is -5.01. The summed E-state index contributed by atoms with van der Waals surface area (Å²) >= 11 is 0. The van der Waals surface area contributed by atoms with Crippen LogP contribution >= 0.6 is 0 Å². The summed E-state index contributed by atoms with van der Waals surface area (Å²) in [5, 5.41) is 12.0. The molecule has 0 radical (unpaired) electrons. The first-order valence-corrected chi connectivity index (χ1v) is 13.4. The van der Waals surface area contributed by atoms with Crippen LogP contribution in [0, 0.1) is 11.8 Å². The highest BCUT2D eigenvalue weighted by atomic mass is 19.1. The second kappa shape index (κ2) is 9.26. The Morgan fingerprint density at radius 1 is 1.14 bits per heavy atom. The van der Waals surface area contributed by atoms with Crippen molar-refractivity contribution in [1.29, 1.82) is 0 Å². The number of halogens is 2. The van der Waals surface area contributed by atoms with Gasteiger partial charge in [0.25, 0.3) is 0 Å². The maximum Gasteiger partial charge on any atom is 0.407 e. The number of nitrogens with one attached hydrogen (secondary N) is 2. The van der Waals surface area contributed by atoms with E-state index in [1.54, 1.807) is 44.2 Å². The van der Waals surface area contributed by atoms with E-state index >= 15 is 8.78 Å². The molecule has 1 amide bonds. The van der Waals surface area contributed by atoms with Crippen molar-refractivity contribution < 1.29 is 18.3 Å². The number of benzene rings is 1. The predicted molar refractivity (Wildman–Crippen MR) is 151 cm³/mol. The minimum Gasteiger partial charge on any atom is -0.453 e. The molecule has 1 fully saturated rings. The van der Waals surface area contributed by atoms with Crippen LogP contribution in [0.4, 0.5) is 13.6 Å². The predicted octanol–water partition coefficient (Wildman–Crippen LogP) is 3.90. The van der Waals surface area contributed by atoms with Gasteiger partial charge in [0.15, 0.2) is 0 Å². The van der Waals surface area contributed by atoms with E-state index in [1.807, 2.05) is 0 Å². The Morgan fingerprint density at radius 2 is 1.95 bits per heavy atom. The molecule has 0 unspecified atom stereocenters. The Labute approximate surface area is 236 Å². The zero-order valence-corrected chi connectivity index (χ0v) is 23.3. The third kappa shape index (κ3) is 3.74. The number of pyridine rings is 1. The maximum absolute atomic E-state index is 15.6. The molecule has 42 heavy (non-hydrogen) atoms. The van der Waals surface area contributed by atoms with E-state index in [1.165, 1.54) is 33.3 Å². The van der Waals surface area contributed by atoms with E-state index in [4.69, 9.17) is 4.74 Å². The Kier molecular flexibility index (Phi) is 5.71. The van der Waals surface area contributed by atoms with Gasteiger partial charge in [0.1, 0.15) is 17.0 Å². The SMILES string of the molecule is COC(=O)N[C@@H]1CC[C@@H](n2c(=O)n(C)c3cnc4[nH]c(-c5cn(C)nc5F)c(-c5cc(F)c6c(cnn6C)c5)c4c32)C1. The number of nitrogens with zero attached hydrogens (tertiary/aromatic N) is 7. The second-order valence-corrected chi connectivity index (χ2v) is 10.8. The molecule has 1 aliphatic rings. The molecule has 1 aliphatic carbocycles. The zero-order valence-electron chi connectivity index (χ0n) is 23.3. The molecule has 1 saturated carbocycles. The van der Waals surface area contributed by atoms with Gasteiger partial charge in [-0.3, -0.25) is 18.5 Å². The monoisotopic (exact) mass is 575 g/mol. The fourth-order valence-electron chi connectivity index (χ4n) is 6.40. The highest BCUT2D eigenvalue weighted by molar-refractivity contribution is 6.14. The Morgan fingerprint density at radius 3 is 2.69 bits per heavy atom. The number of aryl methyl sites for hydroxylation is 3. The summed E-state index contributed by atoms with van der Waals surface area (Å²) in [6, 6.07) is 2.77. The van der Waals surface area contributed by atoms with Gasteiger partial charge >= 0.3 is 11.8 Å². The maximum atomic E-state index is 15.6. The number of aromatic nitrogens is 8. The van der Waals surface area contributed by atoms with Crippen LogP contribution in [0.1, 0.15) is 25.3 Å². The number of aromatic amines is 1. The number of carbonyl (C=O) groups is 1. The van der Waals surface area contributed by atoms with Gasteiger partial charge in [-0.1, -0.05) is 0 Å². The summed E-state index contributed by atoms with van der Waals surface area (Å²) < 4.78 is 41.6. The molecule has 0 aliphatic heterocycles. The van der Waals surface area contributed by atoms with Crippen molar-refractivity contribution in [3.05, 3.63) is 53.0 Å². The van der Waals surface area contributed by atoms with Crippen LogP contribution in [-0.2, 0) is 25.9 Å². The lowest BCUT2D eigenvalue weighted by Crippen LogP contribution is -2.33. The molecule has 216 valence electrons. The van der Waals surface area contributed by atoms with Crippen molar-refractivity contribution in [3.8, 4) is 22.4 Å². The van der Waals surface area contributed by atoms with Crippen LogP contribution in [0.25, 0.3) is 55.4 Å².